The molecule has 4 heteroatoms. The average Bonchev–Trinajstić information content (AvgIpc) is 2.12. The van der Waals surface area contributed by atoms with Crippen LogP contribution in [0.1, 0.15) is 55.4 Å². The van der Waals surface area contributed by atoms with Crippen molar-refractivity contribution in [1.29, 1.82) is 0 Å². The number of aliphatic hydroxyl groups is 2. The summed E-state index contributed by atoms with van der Waals surface area (Å²) in [6, 6.07) is 0.447. The van der Waals surface area contributed by atoms with Gasteiger partial charge in [-0.3, -0.25) is 10.2 Å². The van der Waals surface area contributed by atoms with E-state index < -0.39 is 11.8 Å². The molecule has 0 bridgehead atoms. The number of rotatable bonds is 6. The quantitative estimate of drug-likeness (QED) is 0.635. The zero-order chi connectivity index (χ0) is 14.7. The molecule has 0 fully saturated rings. The summed E-state index contributed by atoms with van der Waals surface area (Å²) in [6.45, 7) is 16.0. The summed E-state index contributed by atoms with van der Waals surface area (Å²) in [5, 5.41) is 23.6. The van der Waals surface area contributed by atoms with Crippen LogP contribution in [0.25, 0.3) is 0 Å². The van der Waals surface area contributed by atoms with Gasteiger partial charge in [-0.1, -0.05) is 0 Å². The van der Waals surface area contributed by atoms with Gasteiger partial charge in [-0.25, -0.2) is 0 Å². The van der Waals surface area contributed by atoms with Crippen LogP contribution < -0.4 is 5.32 Å². The highest BCUT2D eigenvalue weighted by Gasteiger charge is 2.45. The molecular formula is C14H32N2O2. The number of hydrogen-bond donors (Lipinski definition) is 3. The maximum Gasteiger partial charge on any atom is 0.122 e. The molecule has 0 aliphatic carbocycles. The van der Waals surface area contributed by atoms with Gasteiger partial charge in [0.05, 0.1) is 12.7 Å². The Bertz CT molecular complexity index is 239. The lowest BCUT2D eigenvalue weighted by molar-refractivity contribution is -0.117. The van der Waals surface area contributed by atoms with Crippen molar-refractivity contribution in [3.05, 3.63) is 0 Å². The van der Waals surface area contributed by atoms with Gasteiger partial charge in [0.1, 0.15) is 5.66 Å². The highest BCUT2D eigenvalue weighted by molar-refractivity contribution is 4.99. The molecule has 0 radical (unpaired) electrons. The van der Waals surface area contributed by atoms with E-state index in [0.717, 1.165) is 0 Å². The molecule has 0 aliphatic heterocycles. The van der Waals surface area contributed by atoms with E-state index in [1.807, 2.05) is 20.8 Å². The lowest BCUT2D eigenvalue weighted by atomic mass is 9.94. The van der Waals surface area contributed by atoms with Gasteiger partial charge < -0.3 is 10.2 Å². The highest BCUT2D eigenvalue weighted by atomic mass is 16.3. The molecule has 2 unspecified atom stereocenters. The number of aliphatic hydroxyl groups excluding tert-OH is 2. The number of nitrogens with one attached hydrogen (secondary N) is 1. The summed E-state index contributed by atoms with van der Waals surface area (Å²) in [5.74, 6) is 0. The van der Waals surface area contributed by atoms with Crippen LogP contribution in [-0.4, -0.2) is 51.1 Å². The molecule has 18 heavy (non-hydrogen) atoms. The van der Waals surface area contributed by atoms with Crippen molar-refractivity contribution in [3.63, 3.8) is 0 Å². The summed E-state index contributed by atoms with van der Waals surface area (Å²) < 4.78 is 0. The van der Waals surface area contributed by atoms with E-state index >= 15 is 0 Å². The first-order valence-electron chi connectivity index (χ1n) is 6.84. The zero-order valence-electron chi connectivity index (χ0n) is 13.3. The molecule has 0 rings (SSSR count). The number of hydrogen-bond acceptors (Lipinski definition) is 4. The van der Waals surface area contributed by atoms with Crippen LogP contribution >= 0.6 is 0 Å². The molecule has 0 aromatic heterocycles. The maximum atomic E-state index is 10.2. The first-order valence-corrected chi connectivity index (χ1v) is 6.84. The lowest BCUT2D eigenvalue weighted by Gasteiger charge is -2.52. The third kappa shape index (κ3) is 4.19. The molecule has 2 atom stereocenters. The van der Waals surface area contributed by atoms with Crippen LogP contribution in [0.3, 0.4) is 0 Å². The Morgan fingerprint density at radius 2 is 1.39 bits per heavy atom. The summed E-state index contributed by atoms with van der Waals surface area (Å²) in [5.41, 5.74) is -1.01. The predicted molar refractivity (Wildman–Crippen MR) is 76.5 cm³/mol. The predicted octanol–water partition coefficient (Wildman–Crippen LogP) is 1.56. The van der Waals surface area contributed by atoms with Gasteiger partial charge in [-0.15, -0.1) is 0 Å². The van der Waals surface area contributed by atoms with E-state index in [1.165, 1.54) is 0 Å². The first kappa shape index (κ1) is 17.8. The molecule has 110 valence electrons. The standard InChI is InChI=1S/C14H32N2O2/c1-10(2)16(11(3)4)14(9-17,12(5)18)15-13(6,7)8/h10-12,15,17-18H,9H2,1-8H3. The zero-order valence-corrected chi connectivity index (χ0v) is 13.3. The fourth-order valence-electron chi connectivity index (χ4n) is 2.81. The van der Waals surface area contributed by atoms with Crippen LogP contribution in [0, 0.1) is 0 Å². The van der Waals surface area contributed by atoms with E-state index in [9.17, 15) is 10.2 Å². The average molecular weight is 260 g/mol. The van der Waals surface area contributed by atoms with Crippen LogP contribution in [0.2, 0.25) is 0 Å². The van der Waals surface area contributed by atoms with Gasteiger partial charge >= 0.3 is 0 Å². The Kier molecular flexibility index (Phi) is 6.27. The molecule has 0 spiro atoms. The van der Waals surface area contributed by atoms with Crippen molar-refractivity contribution in [1.82, 2.24) is 10.2 Å². The third-order valence-electron chi connectivity index (χ3n) is 3.10. The smallest absolute Gasteiger partial charge is 0.122 e. The summed E-state index contributed by atoms with van der Waals surface area (Å²) in [4.78, 5) is 2.14. The minimum Gasteiger partial charge on any atom is -0.393 e. The Balaban J connectivity index is 5.55. The van der Waals surface area contributed by atoms with Crippen LogP contribution in [-0.2, 0) is 0 Å². The van der Waals surface area contributed by atoms with Crippen molar-refractivity contribution < 1.29 is 10.2 Å². The Hall–Kier alpha value is -0.160. The van der Waals surface area contributed by atoms with Gasteiger partial charge in [-0.05, 0) is 55.4 Å². The normalized spacial score (nSPS) is 18.5. The Morgan fingerprint density at radius 3 is 1.56 bits per heavy atom. The number of nitrogens with zero attached hydrogens (tertiary/aromatic N) is 1. The van der Waals surface area contributed by atoms with Gasteiger partial charge in [0, 0.05) is 17.6 Å². The minimum absolute atomic E-state index is 0.127. The Morgan fingerprint density at radius 1 is 1.00 bits per heavy atom. The van der Waals surface area contributed by atoms with E-state index in [4.69, 9.17) is 0 Å². The van der Waals surface area contributed by atoms with Gasteiger partial charge in [0.25, 0.3) is 0 Å². The maximum absolute atomic E-state index is 10.2. The highest BCUT2D eigenvalue weighted by Crippen LogP contribution is 2.25. The fourth-order valence-corrected chi connectivity index (χ4v) is 2.81. The molecule has 3 N–H and O–H groups in total. The van der Waals surface area contributed by atoms with Crippen LogP contribution in [0.5, 0.6) is 0 Å². The summed E-state index contributed by atoms with van der Waals surface area (Å²) in [6.07, 6.45) is -0.675. The van der Waals surface area contributed by atoms with Gasteiger partial charge in [0.15, 0.2) is 0 Å². The monoisotopic (exact) mass is 260 g/mol. The molecule has 0 aromatic rings. The van der Waals surface area contributed by atoms with E-state index in [-0.39, 0.29) is 24.2 Å². The summed E-state index contributed by atoms with van der Waals surface area (Å²) >= 11 is 0. The SMILES string of the molecule is CC(C)N(C(C)C)C(CO)(NC(C)(C)C)C(C)O. The van der Waals surface area contributed by atoms with Crippen molar-refractivity contribution in [3.8, 4) is 0 Å². The summed E-state index contributed by atoms with van der Waals surface area (Å²) in [7, 11) is 0. The minimum atomic E-state index is -0.819. The van der Waals surface area contributed by atoms with Crippen LogP contribution in [0.15, 0.2) is 0 Å². The molecule has 0 aromatic carbocycles. The third-order valence-corrected chi connectivity index (χ3v) is 3.10. The van der Waals surface area contributed by atoms with Crippen molar-refractivity contribution >= 4 is 0 Å². The molecule has 4 nitrogen and oxygen atoms in total. The van der Waals surface area contributed by atoms with Crippen molar-refractivity contribution in [2.45, 2.75) is 84.8 Å². The fraction of sp³-hybridized carbons (Fsp3) is 1.00. The topological polar surface area (TPSA) is 55.7 Å². The van der Waals surface area contributed by atoms with Gasteiger partial charge in [0.2, 0.25) is 0 Å². The first-order chi connectivity index (χ1) is 7.98. The van der Waals surface area contributed by atoms with Gasteiger partial charge in [-0.2, -0.15) is 0 Å². The molecule has 0 amide bonds. The van der Waals surface area contributed by atoms with Crippen LogP contribution in [0.4, 0.5) is 0 Å². The van der Waals surface area contributed by atoms with Crippen molar-refractivity contribution in [2.75, 3.05) is 6.61 Å². The molecule has 0 saturated carbocycles. The second-order valence-electron chi connectivity index (χ2n) is 6.73. The molecule has 0 heterocycles. The molecule has 0 saturated heterocycles. The van der Waals surface area contributed by atoms with E-state index in [2.05, 4.69) is 37.9 Å². The second kappa shape index (κ2) is 6.33. The van der Waals surface area contributed by atoms with Crippen molar-refractivity contribution in [2.24, 2.45) is 0 Å². The second-order valence-corrected chi connectivity index (χ2v) is 6.73. The lowest BCUT2D eigenvalue weighted by Crippen LogP contribution is -2.73. The Labute approximate surface area is 112 Å². The molecular weight excluding hydrogens is 228 g/mol. The van der Waals surface area contributed by atoms with E-state index in [0.29, 0.717) is 0 Å². The van der Waals surface area contributed by atoms with E-state index in [1.54, 1.807) is 6.92 Å². The molecule has 0 aliphatic rings. The largest absolute Gasteiger partial charge is 0.393 e.